The number of anilines is 1. The van der Waals surface area contributed by atoms with Gasteiger partial charge in [-0.15, -0.1) is 0 Å². The Hall–Kier alpha value is -2.48. The van der Waals surface area contributed by atoms with Crippen LogP contribution in [0.5, 0.6) is 0 Å². The summed E-state index contributed by atoms with van der Waals surface area (Å²) in [7, 11) is 0. The summed E-state index contributed by atoms with van der Waals surface area (Å²) in [6.07, 6.45) is 3.75. The molecule has 8 nitrogen and oxygen atoms in total. The number of hydrogen-bond donors (Lipinski definition) is 2. The fraction of sp³-hybridized carbons (Fsp3) is 0.529. The highest BCUT2D eigenvalue weighted by molar-refractivity contribution is 5.86. The molecule has 1 aliphatic rings. The van der Waals surface area contributed by atoms with Crippen molar-refractivity contribution in [2.75, 3.05) is 25.0 Å². The summed E-state index contributed by atoms with van der Waals surface area (Å²) in [5.41, 5.74) is 0.351. The van der Waals surface area contributed by atoms with E-state index in [1.165, 1.54) is 25.2 Å². The van der Waals surface area contributed by atoms with Crippen LogP contribution in [-0.4, -0.2) is 45.5 Å². The maximum Gasteiger partial charge on any atom is 0.293 e. The highest BCUT2D eigenvalue weighted by Crippen LogP contribution is 2.28. The zero-order valence-corrected chi connectivity index (χ0v) is 14.5. The number of nitro groups is 1. The normalized spacial score (nSPS) is 19.7. The zero-order valence-electron chi connectivity index (χ0n) is 14.5. The number of aromatic amines is 1. The van der Waals surface area contributed by atoms with Crippen LogP contribution in [0.15, 0.2) is 23.3 Å². The Morgan fingerprint density at radius 1 is 1.52 bits per heavy atom. The zero-order chi connectivity index (χ0) is 18.0. The molecule has 2 aromatic rings. The molecule has 8 heteroatoms. The van der Waals surface area contributed by atoms with Gasteiger partial charge in [0.1, 0.15) is 5.69 Å². The van der Waals surface area contributed by atoms with Gasteiger partial charge < -0.3 is 10.3 Å². The van der Waals surface area contributed by atoms with Gasteiger partial charge in [0.25, 0.3) is 11.2 Å². The molecule has 0 bridgehead atoms. The highest BCUT2D eigenvalue weighted by Gasteiger charge is 2.22. The van der Waals surface area contributed by atoms with Crippen molar-refractivity contribution in [3.8, 4) is 0 Å². The van der Waals surface area contributed by atoms with Crippen LogP contribution in [0.2, 0.25) is 0 Å². The maximum atomic E-state index is 11.8. The summed E-state index contributed by atoms with van der Waals surface area (Å²) in [5.74, 6) is 0.683. The molecule has 0 aliphatic carbocycles. The van der Waals surface area contributed by atoms with E-state index in [9.17, 15) is 14.9 Å². The molecule has 1 fully saturated rings. The monoisotopic (exact) mass is 345 g/mol. The second kappa shape index (κ2) is 7.18. The summed E-state index contributed by atoms with van der Waals surface area (Å²) in [5, 5.41) is 14.8. The van der Waals surface area contributed by atoms with Crippen molar-refractivity contribution in [2.45, 2.75) is 32.7 Å². The van der Waals surface area contributed by atoms with Gasteiger partial charge in [-0.3, -0.25) is 19.8 Å². The number of benzene rings is 1. The van der Waals surface area contributed by atoms with Crippen molar-refractivity contribution < 1.29 is 4.92 Å². The van der Waals surface area contributed by atoms with Gasteiger partial charge in [0.05, 0.1) is 22.2 Å². The second-order valence-electron chi connectivity index (χ2n) is 6.85. The molecule has 1 saturated heterocycles. The molecule has 1 aromatic carbocycles. The van der Waals surface area contributed by atoms with E-state index >= 15 is 0 Å². The first-order chi connectivity index (χ1) is 12.0. The molecule has 0 radical (unpaired) electrons. The molecule has 3 rings (SSSR count). The number of aromatic nitrogens is 2. The molecule has 1 aliphatic heterocycles. The number of nitro benzene ring substituents is 1. The Morgan fingerprint density at radius 3 is 3.04 bits per heavy atom. The third-order valence-electron chi connectivity index (χ3n) is 4.85. The van der Waals surface area contributed by atoms with E-state index in [0.717, 1.165) is 13.1 Å². The molecular weight excluding hydrogens is 322 g/mol. The lowest BCUT2D eigenvalue weighted by Gasteiger charge is -2.35. The topological polar surface area (TPSA) is 104 Å². The van der Waals surface area contributed by atoms with Gasteiger partial charge in [0.15, 0.2) is 0 Å². The lowest BCUT2D eigenvalue weighted by Crippen LogP contribution is -2.43. The summed E-state index contributed by atoms with van der Waals surface area (Å²) in [4.78, 5) is 31.7. The molecule has 0 spiro atoms. The molecule has 2 unspecified atom stereocenters. The van der Waals surface area contributed by atoms with Gasteiger partial charge in [-0.25, -0.2) is 4.98 Å². The highest BCUT2D eigenvalue weighted by atomic mass is 16.6. The Balaban J connectivity index is 1.81. The Labute approximate surface area is 145 Å². The van der Waals surface area contributed by atoms with Crippen molar-refractivity contribution in [3.63, 3.8) is 0 Å². The molecule has 2 N–H and O–H groups in total. The number of likely N-dealkylation sites (tertiary alicyclic amines) is 1. The molecule has 1 aromatic heterocycles. The van der Waals surface area contributed by atoms with Crippen molar-refractivity contribution in [1.82, 2.24) is 14.9 Å². The van der Waals surface area contributed by atoms with Crippen LogP contribution >= 0.6 is 0 Å². The molecular formula is C17H23N5O3. The van der Waals surface area contributed by atoms with E-state index in [0.29, 0.717) is 23.7 Å². The van der Waals surface area contributed by atoms with Crippen molar-refractivity contribution >= 4 is 22.3 Å². The van der Waals surface area contributed by atoms with Crippen LogP contribution in [0, 0.1) is 16.0 Å². The lowest BCUT2D eigenvalue weighted by atomic mass is 9.99. The Bertz CT molecular complexity index is 835. The van der Waals surface area contributed by atoms with Crippen LogP contribution in [0.25, 0.3) is 10.9 Å². The third-order valence-corrected chi connectivity index (χ3v) is 4.85. The number of H-pyrrole nitrogens is 1. The largest absolute Gasteiger partial charge is 0.378 e. The standard InChI is InChI=1S/C17H23N5O3/c1-11-4-3-5-21(9-11)12(2)8-18-15-7-14-13(6-16(15)22(24)25)17(23)20-10-19-14/h6-7,10-12,18H,3-5,8-9H2,1-2H3,(H,19,20,23). The van der Waals surface area contributed by atoms with Crippen LogP contribution < -0.4 is 10.9 Å². The van der Waals surface area contributed by atoms with Crippen LogP contribution in [0.3, 0.4) is 0 Å². The molecule has 134 valence electrons. The molecule has 0 saturated carbocycles. The number of fused-ring (bicyclic) bond motifs is 1. The third kappa shape index (κ3) is 3.79. The van der Waals surface area contributed by atoms with E-state index < -0.39 is 4.92 Å². The van der Waals surface area contributed by atoms with E-state index in [-0.39, 0.29) is 22.7 Å². The Kier molecular flexibility index (Phi) is 4.98. The fourth-order valence-corrected chi connectivity index (χ4v) is 3.41. The van der Waals surface area contributed by atoms with E-state index in [4.69, 9.17) is 0 Å². The quantitative estimate of drug-likeness (QED) is 0.637. The van der Waals surface area contributed by atoms with Crippen molar-refractivity contribution in [1.29, 1.82) is 0 Å². The SMILES string of the molecule is CC1CCCN(C(C)CNc2cc3nc[nH]c(=O)c3cc2[N+](=O)[O-])C1. The minimum absolute atomic E-state index is 0.106. The summed E-state index contributed by atoms with van der Waals surface area (Å²) < 4.78 is 0. The summed E-state index contributed by atoms with van der Waals surface area (Å²) in [6.45, 7) is 7.09. The molecule has 25 heavy (non-hydrogen) atoms. The van der Waals surface area contributed by atoms with Crippen molar-refractivity contribution in [3.05, 3.63) is 38.9 Å². The average molecular weight is 345 g/mol. The first kappa shape index (κ1) is 17.3. The predicted octanol–water partition coefficient (Wildman–Crippen LogP) is 2.36. The number of rotatable bonds is 5. The van der Waals surface area contributed by atoms with Gasteiger partial charge in [-0.2, -0.15) is 0 Å². The van der Waals surface area contributed by atoms with E-state index in [1.54, 1.807) is 6.07 Å². The lowest BCUT2D eigenvalue weighted by molar-refractivity contribution is -0.383. The Morgan fingerprint density at radius 2 is 2.32 bits per heavy atom. The molecule has 2 heterocycles. The van der Waals surface area contributed by atoms with Crippen LogP contribution in [0.1, 0.15) is 26.7 Å². The fourth-order valence-electron chi connectivity index (χ4n) is 3.41. The second-order valence-corrected chi connectivity index (χ2v) is 6.85. The predicted molar refractivity (Wildman–Crippen MR) is 96.9 cm³/mol. The smallest absolute Gasteiger partial charge is 0.293 e. The van der Waals surface area contributed by atoms with Gasteiger partial charge in [-0.05, 0) is 38.3 Å². The maximum absolute atomic E-state index is 11.8. The van der Waals surface area contributed by atoms with Gasteiger partial charge in [-0.1, -0.05) is 6.92 Å². The number of nitrogens with one attached hydrogen (secondary N) is 2. The number of nitrogens with zero attached hydrogens (tertiary/aromatic N) is 3. The number of piperidine rings is 1. The first-order valence-electron chi connectivity index (χ1n) is 8.59. The molecule has 0 amide bonds. The number of hydrogen-bond acceptors (Lipinski definition) is 6. The first-order valence-corrected chi connectivity index (χ1v) is 8.59. The van der Waals surface area contributed by atoms with E-state index in [2.05, 4.69) is 34.0 Å². The summed E-state index contributed by atoms with van der Waals surface area (Å²) in [6, 6.07) is 3.14. The minimum atomic E-state index is -0.470. The van der Waals surface area contributed by atoms with Crippen LogP contribution in [0.4, 0.5) is 11.4 Å². The summed E-state index contributed by atoms with van der Waals surface area (Å²) >= 11 is 0. The van der Waals surface area contributed by atoms with Gasteiger partial charge in [0, 0.05) is 25.2 Å². The molecule has 2 atom stereocenters. The van der Waals surface area contributed by atoms with Gasteiger partial charge >= 0.3 is 0 Å². The van der Waals surface area contributed by atoms with E-state index in [1.807, 2.05) is 0 Å². The van der Waals surface area contributed by atoms with Crippen molar-refractivity contribution in [2.24, 2.45) is 5.92 Å². The minimum Gasteiger partial charge on any atom is -0.378 e. The average Bonchev–Trinajstić information content (AvgIpc) is 2.59. The van der Waals surface area contributed by atoms with Gasteiger partial charge in [0.2, 0.25) is 0 Å². The van der Waals surface area contributed by atoms with Crippen LogP contribution in [-0.2, 0) is 0 Å².